The Morgan fingerprint density at radius 3 is 1.75 bits per heavy atom. The Balaban J connectivity index is 3.16. The maximum atomic E-state index is 13.7. The summed E-state index contributed by atoms with van der Waals surface area (Å²) < 4.78 is 0. The first-order valence-corrected chi connectivity index (χ1v) is 18.6. The van der Waals surface area contributed by atoms with Crippen LogP contribution >= 0.6 is 0 Å². The van der Waals surface area contributed by atoms with Gasteiger partial charge in [-0.2, -0.15) is 0 Å². The van der Waals surface area contributed by atoms with E-state index >= 15 is 0 Å². The Labute approximate surface area is 328 Å². The predicted molar refractivity (Wildman–Crippen MR) is 209 cm³/mol. The molecule has 14 N–H and O–H groups in total. The Kier molecular flexibility index (Phi) is 21.1. The Bertz CT molecular complexity index is 1510. The number of hydrogen-bond donors (Lipinski definition) is 11. The average molecular weight is 791 g/mol. The molecule has 56 heavy (non-hydrogen) atoms. The lowest BCUT2D eigenvalue weighted by atomic mass is 9.98. The number of nitrogens with two attached hydrogens (primary N) is 3. The van der Waals surface area contributed by atoms with Crippen molar-refractivity contribution >= 4 is 47.4 Å². The lowest BCUT2D eigenvalue weighted by molar-refractivity contribution is -0.142. The lowest BCUT2D eigenvalue weighted by Crippen LogP contribution is -2.60. The van der Waals surface area contributed by atoms with Crippen LogP contribution in [0.1, 0.15) is 71.9 Å². The average Bonchev–Trinajstić information content (AvgIpc) is 3.11. The van der Waals surface area contributed by atoms with E-state index < -0.39 is 103 Å². The van der Waals surface area contributed by atoms with Gasteiger partial charge in [0, 0.05) is 13.0 Å². The molecule has 314 valence electrons. The first-order valence-electron chi connectivity index (χ1n) is 18.6. The summed E-state index contributed by atoms with van der Waals surface area (Å²) in [6.45, 7) is 11.2. The maximum Gasteiger partial charge on any atom is 0.326 e. The third-order valence-corrected chi connectivity index (χ3v) is 8.56. The van der Waals surface area contributed by atoms with Gasteiger partial charge in [-0.1, -0.05) is 71.4 Å². The topological polar surface area (TPSA) is 323 Å². The van der Waals surface area contributed by atoms with Gasteiger partial charge in [-0.05, 0) is 49.5 Å². The van der Waals surface area contributed by atoms with Gasteiger partial charge in [0.25, 0.3) is 0 Å². The monoisotopic (exact) mass is 790 g/mol. The molecule has 0 aliphatic rings. The second-order valence-electron chi connectivity index (χ2n) is 14.8. The van der Waals surface area contributed by atoms with E-state index in [2.05, 4.69) is 36.9 Å². The van der Waals surface area contributed by atoms with Crippen molar-refractivity contribution < 1.29 is 43.8 Å². The molecule has 6 amide bonds. The molecule has 6 atom stereocenters. The van der Waals surface area contributed by atoms with Crippen molar-refractivity contribution in [2.24, 2.45) is 39.9 Å². The summed E-state index contributed by atoms with van der Waals surface area (Å²) in [6.07, 6.45) is 0.472. The van der Waals surface area contributed by atoms with Crippen molar-refractivity contribution in [1.82, 2.24) is 31.9 Å². The summed E-state index contributed by atoms with van der Waals surface area (Å²) in [4.78, 5) is 95.0. The smallest absolute Gasteiger partial charge is 0.326 e. The molecule has 0 aliphatic carbocycles. The highest BCUT2D eigenvalue weighted by Gasteiger charge is 2.34. The van der Waals surface area contributed by atoms with E-state index in [9.17, 15) is 43.8 Å². The fourth-order valence-corrected chi connectivity index (χ4v) is 5.36. The molecule has 1 aromatic carbocycles. The van der Waals surface area contributed by atoms with Crippen LogP contribution in [-0.2, 0) is 40.0 Å². The number of carbonyl (C=O) groups excluding carboxylic acids is 6. The van der Waals surface area contributed by atoms with Crippen LogP contribution in [0.5, 0.6) is 0 Å². The van der Waals surface area contributed by atoms with Crippen LogP contribution in [0, 0.1) is 24.7 Å². The summed E-state index contributed by atoms with van der Waals surface area (Å²) in [6, 6.07) is 0.114. The molecule has 0 fully saturated rings. The van der Waals surface area contributed by atoms with Crippen LogP contribution in [0.3, 0.4) is 0 Å². The highest BCUT2D eigenvalue weighted by Crippen LogP contribution is 2.11. The minimum Gasteiger partial charge on any atom is -0.480 e. The number of carboxylic acids is 1. The molecule has 0 aromatic heterocycles. The van der Waals surface area contributed by atoms with Gasteiger partial charge >= 0.3 is 5.97 Å². The number of hydrogen-bond acceptors (Lipinski definition) is 10. The van der Waals surface area contributed by atoms with E-state index in [1.54, 1.807) is 39.8 Å². The Hall–Kier alpha value is -5.30. The molecule has 0 heterocycles. The predicted octanol–water partition coefficient (Wildman–Crippen LogP) is -2.11. The SMILES string of the molecule is Cc1ccc(C[C@H](NC(=O)[C@@H](NC(=O)[C@@H](NC(=O)[C@@H](N)CO)C(C)C)C(C)C)C(=O)NCC(=O)N[C@@H](CC(C)C)C(=O)N[C@@H](CCCN=C(N)N)C(=O)O)cc1. The van der Waals surface area contributed by atoms with Gasteiger partial charge < -0.3 is 59.3 Å². The van der Waals surface area contributed by atoms with Crippen molar-refractivity contribution in [2.45, 2.75) is 110 Å². The summed E-state index contributed by atoms with van der Waals surface area (Å²) in [5.41, 5.74) is 17.9. The summed E-state index contributed by atoms with van der Waals surface area (Å²) >= 11 is 0. The molecule has 0 saturated carbocycles. The van der Waals surface area contributed by atoms with Crippen LogP contribution < -0.4 is 49.1 Å². The lowest BCUT2D eigenvalue weighted by Gasteiger charge is -2.29. The van der Waals surface area contributed by atoms with E-state index in [0.29, 0.717) is 5.56 Å². The first-order chi connectivity index (χ1) is 26.2. The number of nitrogens with one attached hydrogen (secondary N) is 6. The van der Waals surface area contributed by atoms with Gasteiger partial charge in [-0.25, -0.2) is 4.79 Å². The normalized spacial score (nSPS) is 14.4. The number of aryl methyl sites for hydroxylation is 1. The molecule has 0 spiro atoms. The van der Waals surface area contributed by atoms with E-state index in [4.69, 9.17) is 17.2 Å². The minimum atomic E-state index is -1.28. The van der Waals surface area contributed by atoms with Crippen molar-refractivity contribution in [3.8, 4) is 0 Å². The molecule has 0 radical (unpaired) electrons. The van der Waals surface area contributed by atoms with E-state index in [-0.39, 0.29) is 44.1 Å². The van der Waals surface area contributed by atoms with E-state index in [0.717, 1.165) is 5.56 Å². The molecule has 0 aliphatic heterocycles. The number of benzene rings is 1. The number of carbonyl (C=O) groups is 7. The highest BCUT2D eigenvalue weighted by atomic mass is 16.4. The third-order valence-electron chi connectivity index (χ3n) is 8.56. The molecule has 19 nitrogen and oxygen atoms in total. The van der Waals surface area contributed by atoms with Crippen molar-refractivity contribution in [1.29, 1.82) is 0 Å². The van der Waals surface area contributed by atoms with Crippen LogP contribution in [0.4, 0.5) is 0 Å². The van der Waals surface area contributed by atoms with Gasteiger partial charge in [0.15, 0.2) is 5.96 Å². The Morgan fingerprint density at radius 2 is 1.25 bits per heavy atom. The largest absolute Gasteiger partial charge is 0.480 e. The standard InChI is InChI=1S/C37H62N10O9/c1-19(2)15-26(33(52)44-25(36(55)56)9-8-14-41-37(39)40)43-28(49)17-42-32(51)27(16-23-12-10-22(7)11-13-23)45-34(53)29(20(3)4)47-35(54)30(21(5)6)46-31(50)24(38)18-48/h10-13,19-21,24-27,29-30,48H,8-9,14-18,38H2,1-7H3,(H,42,51)(H,43,49)(H,44,52)(H,45,53)(H,46,50)(H,47,54)(H,55,56)(H4,39,40,41)/t24-,25-,26-,27-,29-,30-/m0/s1. The number of nitrogens with zero attached hydrogens (tertiary/aromatic N) is 1. The number of aliphatic carboxylic acids is 1. The van der Waals surface area contributed by atoms with E-state index in [1.807, 2.05) is 32.9 Å². The van der Waals surface area contributed by atoms with Crippen molar-refractivity contribution in [2.75, 3.05) is 19.7 Å². The highest BCUT2D eigenvalue weighted by molar-refractivity contribution is 5.96. The van der Waals surface area contributed by atoms with Crippen molar-refractivity contribution in [3.05, 3.63) is 35.4 Å². The molecule has 1 aromatic rings. The second kappa shape index (κ2) is 24.3. The molecule has 19 heteroatoms. The van der Waals surface area contributed by atoms with Gasteiger partial charge in [0.1, 0.15) is 36.3 Å². The summed E-state index contributed by atoms with van der Waals surface area (Å²) in [7, 11) is 0. The van der Waals surface area contributed by atoms with Gasteiger partial charge in [0.2, 0.25) is 35.4 Å². The van der Waals surface area contributed by atoms with Crippen LogP contribution in [0.2, 0.25) is 0 Å². The molecular formula is C37H62N10O9. The molecule has 0 saturated heterocycles. The number of aliphatic hydroxyl groups excluding tert-OH is 1. The van der Waals surface area contributed by atoms with Gasteiger partial charge in [-0.3, -0.25) is 33.8 Å². The number of guanidine groups is 1. The van der Waals surface area contributed by atoms with Crippen LogP contribution in [0.15, 0.2) is 29.3 Å². The number of rotatable bonds is 24. The quantitative estimate of drug-likeness (QED) is 0.0305. The minimum absolute atomic E-state index is 0.0140. The molecule has 0 unspecified atom stereocenters. The zero-order chi connectivity index (χ0) is 42.7. The van der Waals surface area contributed by atoms with Crippen LogP contribution in [0.25, 0.3) is 0 Å². The maximum absolute atomic E-state index is 13.7. The Morgan fingerprint density at radius 1 is 0.714 bits per heavy atom. The first kappa shape index (κ1) is 48.7. The zero-order valence-electron chi connectivity index (χ0n) is 33.4. The van der Waals surface area contributed by atoms with Gasteiger partial charge in [-0.15, -0.1) is 0 Å². The number of aliphatic hydroxyl groups is 1. The van der Waals surface area contributed by atoms with E-state index in [1.165, 1.54) is 0 Å². The fourth-order valence-electron chi connectivity index (χ4n) is 5.36. The van der Waals surface area contributed by atoms with Crippen LogP contribution in [-0.4, -0.2) is 114 Å². The third kappa shape index (κ3) is 17.9. The fraction of sp³-hybridized carbons (Fsp3) is 0.622. The zero-order valence-corrected chi connectivity index (χ0v) is 33.4. The number of amides is 6. The molecular weight excluding hydrogens is 728 g/mol. The van der Waals surface area contributed by atoms with Crippen molar-refractivity contribution in [3.63, 3.8) is 0 Å². The summed E-state index contributed by atoms with van der Waals surface area (Å²) in [5, 5.41) is 34.3. The van der Waals surface area contributed by atoms with Gasteiger partial charge in [0.05, 0.1) is 13.2 Å². The number of carboxylic acid groups (broad SMARTS) is 1. The summed E-state index contributed by atoms with van der Waals surface area (Å²) in [5.74, 6) is -6.73. The molecule has 1 rings (SSSR count). The number of aliphatic imine (C=N–C) groups is 1. The molecule has 0 bridgehead atoms. The second-order valence-corrected chi connectivity index (χ2v) is 14.8.